The molecule has 2 rings (SSSR count). The monoisotopic (exact) mass is 289 g/mol. The van der Waals surface area contributed by atoms with Crippen LogP contribution >= 0.6 is 0 Å². The Hall–Kier alpha value is -0.620. The molecule has 1 aliphatic carbocycles. The second-order valence-electron chi connectivity index (χ2n) is 6.02. The van der Waals surface area contributed by atoms with Crippen molar-refractivity contribution in [3.63, 3.8) is 0 Å². The fourth-order valence-corrected chi connectivity index (χ4v) is 5.06. The lowest BCUT2D eigenvalue weighted by atomic mass is 9.82. The number of amides is 1. The van der Waals surface area contributed by atoms with Crippen molar-refractivity contribution in [2.45, 2.75) is 50.5 Å². The molecule has 1 heterocycles. The SMILES string of the molecule is O=C(CC1CCS(=O)(=O)C1)NC1(CO)CCCCC1. The maximum absolute atomic E-state index is 12.0. The molecule has 1 atom stereocenters. The molecule has 2 aliphatic rings. The summed E-state index contributed by atoms with van der Waals surface area (Å²) in [6.45, 7) is -0.0261. The second kappa shape index (κ2) is 5.79. The lowest BCUT2D eigenvalue weighted by Gasteiger charge is -2.36. The summed E-state index contributed by atoms with van der Waals surface area (Å²) < 4.78 is 22.7. The van der Waals surface area contributed by atoms with Crippen molar-refractivity contribution < 1.29 is 18.3 Å². The molecule has 2 fully saturated rings. The number of sulfone groups is 1. The van der Waals surface area contributed by atoms with Crippen LogP contribution < -0.4 is 5.32 Å². The van der Waals surface area contributed by atoms with Crippen LogP contribution in [0.2, 0.25) is 0 Å². The van der Waals surface area contributed by atoms with Crippen LogP contribution in [0.1, 0.15) is 44.9 Å². The molecule has 2 N–H and O–H groups in total. The minimum absolute atomic E-state index is 0.0261. The van der Waals surface area contributed by atoms with Crippen LogP contribution in [0.4, 0.5) is 0 Å². The molecule has 0 aromatic rings. The van der Waals surface area contributed by atoms with E-state index in [0.29, 0.717) is 6.42 Å². The van der Waals surface area contributed by atoms with E-state index in [0.717, 1.165) is 32.1 Å². The molecule has 0 spiro atoms. The van der Waals surface area contributed by atoms with Gasteiger partial charge in [-0.3, -0.25) is 4.79 Å². The molecule has 1 amide bonds. The predicted molar refractivity (Wildman–Crippen MR) is 72.4 cm³/mol. The molecule has 1 aliphatic heterocycles. The Morgan fingerprint density at radius 2 is 1.95 bits per heavy atom. The highest BCUT2D eigenvalue weighted by Crippen LogP contribution is 2.28. The average Bonchev–Trinajstić information content (AvgIpc) is 2.69. The molecule has 1 saturated heterocycles. The highest BCUT2D eigenvalue weighted by atomic mass is 32.2. The molecule has 0 aromatic heterocycles. The van der Waals surface area contributed by atoms with E-state index in [4.69, 9.17) is 0 Å². The van der Waals surface area contributed by atoms with Crippen molar-refractivity contribution in [2.75, 3.05) is 18.1 Å². The Morgan fingerprint density at radius 3 is 2.47 bits per heavy atom. The summed E-state index contributed by atoms with van der Waals surface area (Å²) in [7, 11) is -2.92. The number of nitrogens with one attached hydrogen (secondary N) is 1. The summed E-state index contributed by atoms with van der Waals surface area (Å²) in [5, 5.41) is 12.5. The maximum Gasteiger partial charge on any atom is 0.220 e. The molecule has 19 heavy (non-hydrogen) atoms. The molecular formula is C13H23NO4S. The van der Waals surface area contributed by atoms with Gasteiger partial charge in [0.25, 0.3) is 0 Å². The van der Waals surface area contributed by atoms with Crippen molar-refractivity contribution in [2.24, 2.45) is 5.92 Å². The number of hydrogen-bond donors (Lipinski definition) is 2. The van der Waals surface area contributed by atoms with E-state index in [1.165, 1.54) is 0 Å². The largest absolute Gasteiger partial charge is 0.394 e. The molecule has 1 saturated carbocycles. The van der Waals surface area contributed by atoms with E-state index in [2.05, 4.69) is 5.32 Å². The molecular weight excluding hydrogens is 266 g/mol. The Kier molecular flexibility index (Phi) is 4.50. The third kappa shape index (κ3) is 3.92. The third-order valence-corrected chi connectivity index (χ3v) is 6.16. The fraction of sp³-hybridized carbons (Fsp3) is 0.923. The standard InChI is InChI=1S/C13H23NO4S/c15-10-13(5-2-1-3-6-13)14-12(16)8-11-4-7-19(17,18)9-11/h11,15H,1-10H2,(H,14,16). The Bertz CT molecular complexity index is 426. The van der Waals surface area contributed by atoms with Crippen LogP contribution in [-0.2, 0) is 14.6 Å². The quantitative estimate of drug-likeness (QED) is 0.795. The van der Waals surface area contributed by atoms with Gasteiger partial charge in [0.05, 0.1) is 23.7 Å². The van der Waals surface area contributed by atoms with E-state index < -0.39 is 15.4 Å². The maximum atomic E-state index is 12.0. The summed E-state index contributed by atoms with van der Waals surface area (Å²) in [5.74, 6) is 0.171. The number of aliphatic hydroxyl groups is 1. The zero-order valence-electron chi connectivity index (χ0n) is 11.2. The second-order valence-corrected chi connectivity index (χ2v) is 8.25. The number of carbonyl (C=O) groups is 1. The lowest BCUT2D eigenvalue weighted by molar-refractivity contribution is -0.125. The van der Waals surface area contributed by atoms with Crippen LogP contribution in [0.5, 0.6) is 0 Å². The minimum Gasteiger partial charge on any atom is -0.394 e. The smallest absolute Gasteiger partial charge is 0.220 e. The van der Waals surface area contributed by atoms with Gasteiger partial charge in [0, 0.05) is 6.42 Å². The van der Waals surface area contributed by atoms with E-state index in [1.54, 1.807) is 0 Å². The number of hydrogen-bond acceptors (Lipinski definition) is 4. The minimum atomic E-state index is -2.92. The van der Waals surface area contributed by atoms with Gasteiger partial charge in [0.15, 0.2) is 9.84 Å². The zero-order chi connectivity index (χ0) is 13.9. The van der Waals surface area contributed by atoms with Crippen molar-refractivity contribution >= 4 is 15.7 Å². The molecule has 0 bridgehead atoms. The van der Waals surface area contributed by atoms with Gasteiger partial charge in [0.1, 0.15) is 0 Å². The van der Waals surface area contributed by atoms with Gasteiger partial charge in [-0.1, -0.05) is 19.3 Å². The molecule has 0 aromatic carbocycles. The van der Waals surface area contributed by atoms with Crippen LogP contribution in [0.15, 0.2) is 0 Å². The van der Waals surface area contributed by atoms with Crippen LogP contribution in [0, 0.1) is 5.92 Å². The number of carbonyl (C=O) groups excluding carboxylic acids is 1. The molecule has 5 nitrogen and oxygen atoms in total. The van der Waals surface area contributed by atoms with Crippen LogP contribution in [-0.4, -0.2) is 43.1 Å². The summed E-state index contributed by atoms with van der Waals surface area (Å²) in [4.78, 5) is 12.0. The van der Waals surface area contributed by atoms with Crippen molar-refractivity contribution in [1.82, 2.24) is 5.32 Å². The van der Waals surface area contributed by atoms with Crippen molar-refractivity contribution in [1.29, 1.82) is 0 Å². The fourth-order valence-electron chi connectivity index (χ4n) is 3.19. The number of rotatable bonds is 4. The van der Waals surface area contributed by atoms with Gasteiger partial charge in [-0.2, -0.15) is 0 Å². The summed E-state index contributed by atoms with van der Waals surface area (Å²) in [5.41, 5.74) is -0.465. The van der Waals surface area contributed by atoms with Gasteiger partial charge in [-0.15, -0.1) is 0 Å². The van der Waals surface area contributed by atoms with E-state index in [-0.39, 0.29) is 36.4 Å². The van der Waals surface area contributed by atoms with Gasteiger partial charge in [0.2, 0.25) is 5.91 Å². The van der Waals surface area contributed by atoms with E-state index in [1.807, 2.05) is 0 Å². The molecule has 110 valence electrons. The first kappa shape index (κ1) is 14.8. The van der Waals surface area contributed by atoms with Gasteiger partial charge < -0.3 is 10.4 Å². The van der Waals surface area contributed by atoms with E-state index in [9.17, 15) is 18.3 Å². The summed E-state index contributed by atoms with van der Waals surface area (Å²) in [6.07, 6.45) is 5.69. The average molecular weight is 289 g/mol. The van der Waals surface area contributed by atoms with Crippen LogP contribution in [0.25, 0.3) is 0 Å². The Balaban J connectivity index is 1.86. The topological polar surface area (TPSA) is 83.5 Å². The van der Waals surface area contributed by atoms with Crippen LogP contribution in [0.3, 0.4) is 0 Å². The van der Waals surface area contributed by atoms with Gasteiger partial charge >= 0.3 is 0 Å². The lowest BCUT2D eigenvalue weighted by Crippen LogP contribution is -2.52. The first-order chi connectivity index (χ1) is 8.95. The van der Waals surface area contributed by atoms with Gasteiger partial charge in [-0.05, 0) is 25.2 Å². The normalized spacial score (nSPS) is 29.0. The molecule has 6 heteroatoms. The molecule has 1 unspecified atom stereocenters. The highest BCUT2D eigenvalue weighted by molar-refractivity contribution is 7.91. The van der Waals surface area contributed by atoms with Crippen molar-refractivity contribution in [3.8, 4) is 0 Å². The number of aliphatic hydroxyl groups excluding tert-OH is 1. The third-order valence-electron chi connectivity index (χ3n) is 4.32. The first-order valence-corrected chi connectivity index (χ1v) is 8.89. The highest BCUT2D eigenvalue weighted by Gasteiger charge is 2.35. The van der Waals surface area contributed by atoms with Crippen molar-refractivity contribution in [3.05, 3.63) is 0 Å². The predicted octanol–water partition coefficient (Wildman–Crippen LogP) is 0.623. The first-order valence-electron chi connectivity index (χ1n) is 7.07. The Morgan fingerprint density at radius 1 is 1.26 bits per heavy atom. The van der Waals surface area contributed by atoms with Gasteiger partial charge in [-0.25, -0.2) is 8.42 Å². The Labute approximate surface area is 114 Å². The zero-order valence-corrected chi connectivity index (χ0v) is 12.0. The molecule has 0 radical (unpaired) electrons. The van der Waals surface area contributed by atoms with E-state index >= 15 is 0 Å². The summed E-state index contributed by atoms with van der Waals surface area (Å²) in [6, 6.07) is 0. The summed E-state index contributed by atoms with van der Waals surface area (Å²) >= 11 is 0.